The van der Waals surface area contributed by atoms with Crippen molar-refractivity contribution in [3.8, 4) is 0 Å². The molecule has 5 atom stereocenters. The van der Waals surface area contributed by atoms with E-state index in [0.717, 1.165) is 0 Å². The zero-order valence-corrected chi connectivity index (χ0v) is 7.75. The highest BCUT2D eigenvalue weighted by atomic mass is 16.7. The van der Waals surface area contributed by atoms with Crippen LogP contribution in [0.2, 0.25) is 0 Å². The normalized spacial score (nSPS) is 46.4. The second-order valence-electron chi connectivity index (χ2n) is 3.30. The number of aliphatic hydroxyl groups is 3. The van der Waals surface area contributed by atoms with Gasteiger partial charge < -0.3 is 24.8 Å². The van der Waals surface area contributed by atoms with Gasteiger partial charge in [-0.3, -0.25) is 0 Å². The van der Waals surface area contributed by atoms with Gasteiger partial charge in [0, 0.05) is 13.0 Å². The van der Waals surface area contributed by atoms with Crippen molar-refractivity contribution in [2.75, 3.05) is 13.7 Å². The Morgan fingerprint density at radius 1 is 1.31 bits per heavy atom. The van der Waals surface area contributed by atoms with Crippen LogP contribution in [0.5, 0.6) is 0 Å². The Labute approximate surface area is 76.9 Å². The van der Waals surface area contributed by atoms with Crippen molar-refractivity contribution in [1.82, 2.24) is 0 Å². The number of aliphatic hydroxyl groups excluding tert-OH is 3. The van der Waals surface area contributed by atoms with Gasteiger partial charge in [-0.05, 0) is 0 Å². The van der Waals surface area contributed by atoms with Crippen molar-refractivity contribution < 1.29 is 24.8 Å². The first-order chi connectivity index (χ1) is 6.11. The van der Waals surface area contributed by atoms with E-state index >= 15 is 0 Å². The molecule has 1 fully saturated rings. The van der Waals surface area contributed by atoms with Crippen molar-refractivity contribution in [3.05, 3.63) is 0 Å². The van der Waals surface area contributed by atoms with Gasteiger partial charge in [-0.1, -0.05) is 6.92 Å². The van der Waals surface area contributed by atoms with E-state index in [-0.39, 0.29) is 12.5 Å². The predicted octanol–water partition coefficient (Wildman–Crippen LogP) is -1.29. The zero-order chi connectivity index (χ0) is 10.0. The predicted molar refractivity (Wildman–Crippen MR) is 43.9 cm³/mol. The number of hydrogen-bond acceptors (Lipinski definition) is 5. The van der Waals surface area contributed by atoms with E-state index in [9.17, 15) is 10.2 Å². The van der Waals surface area contributed by atoms with Crippen molar-refractivity contribution >= 4 is 0 Å². The third kappa shape index (κ3) is 2.00. The van der Waals surface area contributed by atoms with Crippen LogP contribution in [0.4, 0.5) is 0 Å². The van der Waals surface area contributed by atoms with E-state index < -0.39 is 24.6 Å². The molecule has 1 aliphatic heterocycles. The van der Waals surface area contributed by atoms with E-state index in [1.807, 2.05) is 0 Å². The minimum Gasteiger partial charge on any atom is -0.394 e. The van der Waals surface area contributed by atoms with Crippen LogP contribution in [-0.2, 0) is 9.47 Å². The quantitative estimate of drug-likeness (QED) is 0.507. The first-order valence-corrected chi connectivity index (χ1v) is 4.27. The van der Waals surface area contributed by atoms with Gasteiger partial charge in [0.2, 0.25) is 0 Å². The maximum absolute atomic E-state index is 9.53. The smallest absolute Gasteiger partial charge is 0.186 e. The van der Waals surface area contributed by atoms with Crippen molar-refractivity contribution in [3.63, 3.8) is 0 Å². The first kappa shape index (κ1) is 10.9. The molecule has 0 bridgehead atoms. The summed E-state index contributed by atoms with van der Waals surface area (Å²) in [4.78, 5) is 0. The molecule has 13 heavy (non-hydrogen) atoms. The molecule has 0 saturated carbocycles. The first-order valence-electron chi connectivity index (χ1n) is 4.27. The maximum Gasteiger partial charge on any atom is 0.186 e. The molecule has 0 spiro atoms. The second kappa shape index (κ2) is 4.34. The van der Waals surface area contributed by atoms with Crippen LogP contribution in [0.15, 0.2) is 0 Å². The molecule has 0 aromatic heterocycles. The minimum atomic E-state index is -1.05. The van der Waals surface area contributed by atoms with E-state index in [2.05, 4.69) is 0 Å². The third-order valence-electron chi connectivity index (χ3n) is 2.48. The largest absolute Gasteiger partial charge is 0.394 e. The molecule has 1 saturated heterocycles. The fourth-order valence-corrected chi connectivity index (χ4v) is 1.47. The van der Waals surface area contributed by atoms with Gasteiger partial charge in [-0.25, -0.2) is 0 Å². The van der Waals surface area contributed by atoms with Crippen LogP contribution in [0.25, 0.3) is 0 Å². The van der Waals surface area contributed by atoms with Gasteiger partial charge in [0.25, 0.3) is 0 Å². The van der Waals surface area contributed by atoms with Gasteiger partial charge >= 0.3 is 0 Å². The Balaban J connectivity index is 2.66. The fourth-order valence-electron chi connectivity index (χ4n) is 1.47. The third-order valence-corrected chi connectivity index (χ3v) is 2.48. The summed E-state index contributed by atoms with van der Waals surface area (Å²) in [5.41, 5.74) is 0. The van der Waals surface area contributed by atoms with Crippen molar-refractivity contribution in [1.29, 1.82) is 0 Å². The zero-order valence-electron chi connectivity index (χ0n) is 7.75. The van der Waals surface area contributed by atoms with E-state index in [4.69, 9.17) is 14.6 Å². The molecule has 3 N–H and O–H groups in total. The molecule has 0 aromatic rings. The topological polar surface area (TPSA) is 79.2 Å². The molecule has 1 rings (SSSR count). The molecule has 0 aromatic carbocycles. The highest BCUT2D eigenvalue weighted by Gasteiger charge is 2.41. The van der Waals surface area contributed by atoms with Crippen LogP contribution >= 0.6 is 0 Å². The summed E-state index contributed by atoms with van der Waals surface area (Å²) in [5, 5.41) is 27.9. The van der Waals surface area contributed by atoms with Gasteiger partial charge in [0.15, 0.2) is 6.29 Å². The molecular weight excluding hydrogens is 176 g/mol. The molecule has 0 radical (unpaired) electrons. The summed E-state index contributed by atoms with van der Waals surface area (Å²) in [7, 11) is 1.38. The highest BCUT2D eigenvalue weighted by molar-refractivity contribution is 4.86. The van der Waals surface area contributed by atoms with Gasteiger partial charge in [-0.15, -0.1) is 0 Å². The summed E-state index contributed by atoms with van der Waals surface area (Å²) < 4.78 is 10.0. The van der Waals surface area contributed by atoms with E-state index in [1.165, 1.54) is 7.11 Å². The lowest BCUT2D eigenvalue weighted by atomic mass is 9.91. The summed E-state index contributed by atoms with van der Waals surface area (Å²) in [6, 6.07) is 0. The highest BCUT2D eigenvalue weighted by Crippen LogP contribution is 2.25. The molecule has 0 aliphatic carbocycles. The molecular formula is C8H16O5. The van der Waals surface area contributed by atoms with Gasteiger partial charge in [-0.2, -0.15) is 0 Å². The number of rotatable bonds is 2. The van der Waals surface area contributed by atoms with E-state index in [1.54, 1.807) is 6.92 Å². The van der Waals surface area contributed by atoms with Gasteiger partial charge in [0.1, 0.15) is 6.10 Å². The summed E-state index contributed by atoms with van der Waals surface area (Å²) in [6.45, 7) is 1.52. The van der Waals surface area contributed by atoms with Crippen LogP contribution < -0.4 is 0 Å². The Morgan fingerprint density at radius 2 is 1.92 bits per heavy atom. The SMILES string of the molecule is CO[C@H]1OC(CO)[C@H](C)[C@H](O)C1O. The standard InChI is InChI=1S/C8H16O5/c1-4-5(3-9)13-8(12-2)7(11)6(4)10/h4-11H,3H2,1-2H3/t4-,5?,6-,7?,8-/m0/s1. The summed E-state index contributed by atoms with van der Waals surface area (Å²) in [5.74, 6) is -0.300. The average Bonchev–Trinajstić information content (AvgIpc) is 2.15. The molecule has 0 amide bonds. The lowest BCUT2D eigenvalue weighted by molar-refractivity contribution is -0.280. The van der Waals surface area contributed by atoms with Gasteiger partial charge in [0.05, 0.1) is 18.8 Å². The van der Waals surface area contributed by atoms with E-state index in [0.29, 0.717) is 0 Å². The number of ether oxygens (including phenoxy) is 2. The molecule has 78 valence electrons. The van der Waals surface area contributed by atoms with Crippen LogP contribution in [0, 0.1) is 5.92 Å². The van der Waals surface area contributed by atoms with Crippen LogP contribution in [0.1, 0.15) is 6.92 Å². The van der Waals surface area contributed by atoms with Crippen molar-refractivity contribution in [2.45, 2.75) is 31.5 Å². The number of hydrogen-bond donors (Lipinski definition) is 3. The molecule has 5 nitrogen and oxygen atoms in total. The minimum absolute atomic E-state index is 0.190. The molecule has 5 heteroatoms. The average molecular weight is 192 g/mol. The maximum atomic E-state index is 9.53. The molecule has 1 heterocycles. The molecule has 1 aliphatic rings. The Kier molecular flexibility index (Phi) is 3.63. The van der Waals surface area contributed by atoms with Crippen LogP contribution in [0.3, 0.4) is 0 Å². The Bertz CT molecular complexity index is 143. The summed E-state index contributed by atoms with van der Waals surface area (Å²) >= 11 is 0. The second-order valence-corrected chi connectivity index (χ2v) is 3.30. The van der Waals surface area contributed by atoms with Crippen molar-refractivity contribution in [2.24, 2.45) is 5.92 Å². The number of methoxy groups -OCH3 is 1. The fraction of sp³-hybridized carbons (Fsp3) is 1.00. The molecule has 2 unspecified atom stereocenters. The monoisotopic (exact) mass is 192 g/mol. The lowest BCUT2D eigenvalue weighted by Gasteiger charge is -2.40. The lowest BCUT2D eigenvalue weighted by Crippen LogP contribution is -2.55. The Hall–Kier alpha value is -0.200. The summed E-state index contributed by atoms with van der Waals surface area (Å²) in [6.07, 6.45) is -3.31. The Morgan fingerprint density at radius 3 is 2.38 bits per heavy atom. The van der Waals surface area contributed by atoms with Crippen LogP contribution in [-0.4, -0.2) is 53.6 Å².